The number of benzene rings is 1. The summed E-state index contributed by atoms with van der Waals surface area (Å²) in [5, 5.41) is 5.61. The number of nitrogens with zero attached hydrogens (tertiary/aromatic N) is 3. The number of aryl methyl sites for hydroxylation is 2. The van der Waals surface area contributed by atoms with E-state index < -0.39 is 0 Å². The molecule has 1 aromatic carbocycles. The summed E-state index contributed by atoms with van der Waals surface area (Å²) < 4.78 is 5.20. The molecule has 7 heteroatoms. The Morgan fingerprint density at radius 1 is 1.46 bits per heavy atom. The molecule has 0 unspecified atom stereocenters. The van der Waals surface area contributed by atoms with E-state index in [2.05, 4.69) is 17.1 Å². The molecule has 1 atom stereocenters. The molecule has 3 rings (SSSR count). The Morgan fingerprint density at radius 2 is 2.17 bits per heavy atom. The number of aliphatic imine (C=N–C) groups is 1. The van der Waals surface area contributed by atoms with Gasteiger partial charge in [-0.1, -0.05) is 42.4 Å². The molecule has 0 N–H and O–H groups in total. The van der Waals surface area contributed by atoms with Gasteiger partial charge in [0, 0.05) is 16.8 Å². The zero-order chi connectivity index (χ0) is 17.3. The molecule has 0 spiro atoms. The molecule has 1 aliphatic rings. The molecule has 2 heterocycles. The van der Waals surface area contributed by atoms with Gasteiger partial charge in [0.25, 0.3) is 5.91 Å². The highest BCUT2D eigenvalue weighted by molar-refractivity contribution is 8.14. The van der Waals surface area contributed by atoms with E-state index in [0.717, 1.165) is 5.69 Å². The second-order valence-corrected chi connectivity index (χ2v) is 7.47. The number of thioether (sulfide) groups is 1. The summed E-state index contributed by atoms with van der Waals surface area (Å²) in [5.41, 5.74) is 2.01. The van der Waals surface area contributed by atoms with Gasteiger partial charge in [0.1, 0.15) is 11.3 Å². The number of rotatable bonds is 3. The fraction of sp³-hybridized carbons (Fsp3) is 0.353. The van der Waals surface area contributed by atoms with Crippen molar-refractivity contribution >= 4 is 40.1 Å². The van der Waals surface area contributed by atoms with E-state index in [1.807, 2.05) is 19.1 Å². The minimum Gasteiger partial charge on any atom is -0.361 e. The summed E-state index contributed by atoms with van der Waals surface area (Å²) in [6.45, 7) is 6.42. The van der Waals surface area contributed by atoms with Crippen LogP contribution >= 0.6 is 23.4 Å². The predicted molar refractivity (Wildman–Crippen MR) is 97.3 cm³/mol. The van der Waals surface area contributed by atoms with Crippen molar-refractivity contribution in [3.63, 3.8) is 0 Å². The average molecular weight is 364 g/mol. The number of hydrogen-bond donors (Lipinski definition) is 0. The number of amidine groups is 1. The van der Waals surface area contributed by atoms with Crippen LogP contribution in [0.25, 0.3) is 0 Å². The van der Waals surface area contributed by atoms with Crippen LogP contribution in [-0.4, -0.2) is 32.9 Å². The Kier molecular flexibility index (Phi) is 4.96. The standard InChI is InChI=1S/C17H18ClN3O2S/c1-4-14-15(11(3)23-20-14)16(22)21-9-10(2)24-17(21)19-13-7-5-12(18)6-8-13/h5-8,10H,4,9H2,1-3H3/t10-/m0/s1. The maximum atomic E-state index is 13.0. The molecule has 1 aliphatic heterocycles. The normalized spacial score (nSPS) is 19.2. The molecule has 1 aromatic heterocycles. The summed E-state index contributed by atoms with van der Waals surface area (Å²) in [5.74, 6) is 0.447. The van der Waals surface area contributed by atoms with Crippen molar-refractivity contribution < 1.29 is 9.32 Å². The molecule has 2 aromatic rings. The molecule has 5 nitrogen and oxygen atoms in total. The Bertz CT molecular complexity index is 786. The zero-order valence-electron chi connectivity index (χ0n) is 13.7. The number of carbonyl (C=O) groups excluding carboxylic acids is 1. The molecule has 1 saturated heterocycles. The smallest absolute Gasteiger partial charge is 0.265 e. The van der Waals surface area contributed by atoms with Gasteiger partial charge in [-0.25, -0.2) is 4.99 Å². The largest absolute Gasteiger partial charge is 0.361 e. The van der Waals surface area contributed by atoms with Crippen molar-refractivity contribution in [3.05, 3.63) is 46.3 Å². The minimum absolute atomic E-state index is 0.102. The molecule has 1 fully saturated rings. The lowest BCUT2D eigenvalue weighted by molar-refractivity contribution is 0.0853. The summed E-state index contributed by atoms with van der Waals surface area (Å²) in [6.07, 6.45) is 0.651. The second-order valence-electron chi connectivity index (χ2n) is 5.63. The van der Waals surface area contributed by atoms with E-state index in [-0.39, 0.29) is 11.2 Å². The molecule has 126 valence electrons. The third-order valence-electron chi connectivity index (χ3n) is 3.76. The Balaban J connectivity index is 1.94. The number of hydrogen-bond acceptors (Lipinski definition) is 5. The van der Waals surface area contributed by atoms with Crippen LogP contribution in [0.4, 0.5) is 5.69 Å². The van der Waals surface area contributed by atoms with Gasteiger partial charge in [0.2, 0.25) is 0 Å². The van der Waals surface area contributed by atoms with Crippen LogP contribution in [-0.2, 0) is 6.42 Å². The monoisotopic (exact) mass is 363 g/mol. The molecule has 1 amide bonds. The number of aromatic nitrogens is 1. The maximum absolute atomic E-state index is 13.0. The fourth-order valence-electron chi connectivity index (χ4n) is 2.57. The third-order valence-corrected chi connectivity index (χ3v) is 5.08. The van der Waals surface area contributed by atoms with E-state index in [0.29, 0.717) is 40.2 Å². The highest BCUT2D eigenvalue weighted by atomic mass is 35.5. The lowest BCUT2D eigenvalue weighted by Gasteiger charge is -2.16. The summed E-state index contributed by atoms with van der Waals surface area (Å²) >= 11 is 7.50. The van der Waals surface area contributed by atoms with Gasteiger partial charge in [0.15, 0.2) is 5.17 Å². The van der Waals surface area contributed by atoms with Gasteiger partial charge in [-0.15, -0.1) is 0 Å². The second kappa shape index (κ2) is 6.99. The fourth-order valence-corrected chi connectivity index (χ4v) is 3.72. The van der Waals surface area contributed by atoms with E-state index in [4.69, 9.17) is 16.1 Å². The van der Waals surface area contributed by atoms with Crippen LogP contribution in [0, 0.1) is 6.92 Å². The highest BCUT2D eigenvalue weighted by Crippen LogP contribution is 2.31. The van der Waals surface area contributed by atoms with Gasteiger partial charge in [-0.05, 0) is 37.6 Å². The Morgan fingerprint density at radius 3 is 2.83 bits per heavy atom. The summed E-state index contributed by atoms with van der Waals surface area (Å²) in [4.78, 5) is 19.4. The molecule has 0 saturated carbocycles. The van der Waals surface area contributed by atoms with Crippen LogP contribution < -0.4 is 0 Å². The Labute approximate surface area is 150 Å². The highest BCUT2D eigenvalue weighted by Gasteiger charge is 2.34. The van der Waals surface area contributed by atoms with Crippen LogP contribution in [0.2, 0.25) is 5.02 Å². The van der Waals surface area contributed by atoms with Gasteiger partial charge < -0.3 is 4.52 Å². The van der Waals surface area contributed by atoms with Crippen LogP contribution in [0.3, 0.4) is 0 Å². The first-order valence-electron chi connectivity index (χ1n) is 7.77. The van der Waals surface area contributed by atoms with Crippen molar-refractivity contribution in [3.8, 4) is 0 Å². The molecular formula is C17H18ClN3O2S. The van der Waals surface area contributed by atoms with Crippen LogP contribution in [0.15, 0.2) is 33.8 Å². The first-order valence-corrected chi connectivity index (χ1v) is 9.03. The van der Waals surface area contributed by atoms with Crippen molar-refractivity contribution in [1.82, 2.24) is 10.1 Å². The first-order chi connectivity index (χ1) is 11.5. The van der Waals surface area contributed by atoms with E-state index in [9.17, 15) is 4.79 Å². The quantitative estimate of drug-likeness (QED) is 0.807. The lowest BCUT2D eigenvalue weighted by atomic mass is 10.1. The van der Waals surface area contributed by atoms with Gasteiger partial charge >= 0.3 is 0 Å². The van der Waals surface area contributed by atoms with Crippen LogP contribution in [0.5, 0.6) is 0 Å². The molecule has 24 heavy (non-hydrogen) atoms. The van der Waals surface area contributed by atoms with E-state index >= 15 is 0 Å². The van der Waals surface area contributed by atoms with Crippen molar-refractivity contribution in [2.75, 3.05) is 6.54 Å². The van der Waals surface area contributed by atoms with Crippen molar-refractivity contribution in [2.45, 2.75) is 32.4 Å². The Hall–Kier alpha value is -1.79. The molecule has 0 radical (unpaired) electrons. The number of amides is 1. The van der Waals surface area contributed by atoms with E-state index in [1.54, 1.807) is 35.7 Å². The molecule has 0 aliphatic carbocycles. The molecule has 0 bridgehead atoms. The first kappa shape index (κ1) is 17.0. The average Bonchev–Trinajstić information content (AvgIpc) is 3.11. The van der Waals surface area contributed by atoms with Crippen molar-refractivity contribution in [2.24, 2.45) is 4.99 Å². The predicted octanol–water partition coefficient (Wildman–Crippen LogP) is 4.46. The number of carbonyl (C=O) groups is 1. The van der Waals surface area contributed by atoms with Crippen LogP contribution in [0.1, 0.15) is 35.7 Å². The molecular weight excluding hydrogens is 346 g/mol. The third kappa shape index (κ3) is 3.35. The van der Waals surface area contributed by atoms with Gasteiger partial charge in [-0.3, -0.25) is 9.69 Å². The minimum atomic E-state index is -0.102. The van der Waals surface area contributed by atoms with Gasteiger partial charge in [-0.2, -0.15) is 0 Å². The maximum Gasteiger partial charge on any atom is 0.265 e. The topological polar surface area (TPSA) is 58.7 Å². The summed E-state index contributed by atoms with van der Waals surface area (Å²) in [7, 11) is 0. The summed E-state index contributed by atoms with van der Waals surface area (Å²) in [6, 6.07) is 7.25. The number of halogens is 1. The van der Waals surface area contributed by atoms with E-state index in [1.165, 1.54) is 0 Å². The zero-order valence-corrected chi connectivity index (χ0v) is 15.3. The SMILES string of the molecule is CCc1noc(C)c1C(=O)N1C[C@H](C)SC1=Nc1ccc(Cl)cc1. The van der Waals surface area contributed by atoms with Crippen molar-refractivity contribution in [1.29, 1.82) is 0 Å². The lowest BCUT2D eigenvalue weighted by Crippen LogP contribution is -2.33. The van der Waals surface area contributed by atoms with Gasteiger partial charge in [0.05, 0.1) is 11.4 Å².